The molecule has 1 atom stereocenters. The zero-order valence-electron chi connectivity index (χ0n) is 23.3. The fourth-order valence-electron chi connectivity index (χ4n) is 4.33. The standard InChI is InChI=1S/C30H36ClN3O5S/c1-5-16-32-30(36)28(18-23-10-7-6-8-11-23)33(20-24-12-9-13-26(17-24)39-3)29(35)21-34(40(4,37)38)27-19-25(31)15-14-22(27)2/h6-15,17,19,28H,5,16,18,20-21H2,1-4H3,(H,32,36)/t28-/m1/s1. The molecule has 214 valence electrons. The number of nitrogens with one attached hydrogen (secondary N) is 1. The minimum atomic E-state index is -3.88. The smallest absolute Gasteiger partial charge is 0.244 e. The molecule has 40 heavy (non-hydrogen) atoms. The maximum atomic E-state index is 14.1. The van der Waals surface area contributed by atoms with E-state index < -0.39 is 28.5 Å². The van der Waals surface area contributed by atoms with Crippen LogP contribution < -0.4 is 14.4 Å². The number of anilines is 1. The third-order valence-corrected chi connectivity index (χ3v) is 7.79. The number of sulfonamides is 1. The van der Waals surface area contributed by atoms with Gasteiger partial charge in [0, 0.05) is 24.5 Å². The van der Waals surface area contributed by atoms with Crippen LogP contribution >= 0.6 is 11.6 Å². The Balaban J connectivity index is 2.08. The van der Waals surface area contributed by atoms with Gasteiger partial charge in [-0.3, -0.25) is 13.9 Å². The third kappa shape index (κ3) is 8.47. The van der Waals surface area contributed by atoms with Crippen molar-refractivity contribution in [1.29, 1.82) is 0 Å². The molecule has 0 unspecified atom stereocenters. The van der Waals surface area contributed by atoms with Crippen LogP contribution in [-0.4, -0.2) is 57.6 Å². The van der Waals surface area contributed by atoms with Gasteiger partial charge in [0.1, 0.15) is 18.3 Å². The first-order valence-corrected chi connectivity index (χ1v) is 15.2. The van der Waals surface area contributed by atoms with Crippen LogP contribution in [0.15, 0.2) is 72.8 Å². The number of amides is 2. The molecule has 0 aliphatic heterocycles. The number of rotatable bonds is 13. The van der Waals surface area contributed by atoms with Gasteiger partial charge in [-0.15, -0.1) is 0 Å². The molecule has 0 bridgehead atoms. The van der Waals surface area contributed by atoms with Crippen molar-refractivity contribution in [2.45, 2.75) is 39.3 Å². The van der Waals surface area contributed by atoms with E-state index in [0.29, 0.717) is 28.6 Å². The van der Waals surface area contributed by atoms with Crippen LogP contribution in [0.2, 0.25) is 5.02 Å². The summed E-state index contributed by atoms with van der Waals surface area (Å²) in [7, 11) is -2.33. The first-order valence-electron chi connectivity index (χ1n) is 13.0. The van der Waals surface area contributed by atoms with Crippen LogP contribution in [0.5, 0.6) is 5.75 Å². The van der Waals surface area contributed by atoms with E-state index in [1.807, 2.05) is 43.3 Å². The van der Waals surface area contributed by atoms with Gasteiger partial charge >= 0.3 is 0 Å². The van der Waals surface area contributed by atoms with Crippen LogP contribution in [0.25, 0.3) is 0 Å². The first-order chi connectivity index (χ1) is 19.0. The summed E-state index contributed by atoms with van der Waals surface area (Å²) in [5, 5.41) is 3.26. The molecule has 10 heteroatoms. The molecule has 0 aromatic heterocycles. The molecule has 3 rings (SSSR count). The van der Waals surface area contributed by atoms with Gasteiger partial charge in [0.2, 0.25) is 21.8 Å². The van der Waals surface area contributed by atoms with Crippen LogP contribution in [0.3, 0.4) is 0 Å². The van der Waals surface area contributed by atoms with Crippen molar-refractivity contribution in [1.82, 2.24) is 10.2 Å². The fourth-order valence-corrected chi connectivity index (χ4v) is 5.40. The number of ether oxygens (including phenoxy) is 1. The van der Waals surface area contributed by atoms with E-state index in [9.17, 15) is 18.0 Å². The molecule has 3 aromatic carbocycles. The maximum Gasteiger partial charge on any atom is 0.244 e. The van der Waals surface area contributed by atoms with E-state index in [-0.39, 0.29) is 18.9 Å². The number of hydrogen-bond donors (Lipinski definition) is 1. The second-order valence-electron chi connectivity index (χ2n) is 9.57. The van der Waals surface area contributed by atoms with E-state index in [1.165, 1.54) is 11.0 Å². The Morgan fingerprint density at radius 2 is 1.70 bits per heavy atom. The van der Waals surface area contributed by atoms with E-state index in [4.69, 9.17) is 16.3 Å². The normalized spacial score (nSPS) is 11.9. The molecule has 0 radical (unpaired) electrons. The van der Waals surface area contributed by atoms with Gasteiger partial charge in [0.05, 0.1) is 19.1 Å². The highest BCUT2D eigenvalue weighted by atomic mass is 35.5. The largest absolute Gasteiger partial charge is 0.497 e. The fraction of sp³-hybridized carbons (Fsp3) is 0.333. The van der Waals surface area contributed by atoms with Gasteiger partial charge in [0.25, 0.3) is 0 Å². The molecule has 0 aliphatic rings. The second kappa shape index (κ2) is 14.2. The quantitative estimate of drug-likeness (QED) is 0.317. The SMILES string of the molecule is CCCNC(=O)[C@@H](Cc1ccccc1)N(Cc1cccc(OC)c1)C(=O)CN(c1cc(Cl)ccc1C)S(C)(=O)=O. The zero-order chi connectivity index (χ0) is 29.3. The molecule has 0 heterocycles. The number of halogens is 1. The number of benzene rings is 3. The van der Waals surface area contributed by atoms with E-state index in [2.05, 4.69) is 5.32 Å². The average molecular weight is 586 g/mol. The molecular formula is C30H36ClN3O5S. The summed E-state index contributed by atoms with van der Waals surface area (Å²) in [5.74, 6) is -0.237. The molecule has 0 spiro atoms. The molecule has 0 saturated heterocycles. The summed E-state index contributed by atoms with van der Waals surface area (Å²) in [4.78, 5) is 29.1. The Hall–Kier alpha value is -3.56. The van der Waals surface area contributed by atoms with Crippen molar-refractivity contribution < 1.29 is 22.7 Å². The monoisotopic (exact) mass is 585 g/mol. The topological polar surface area (TPSA) is 96.0 Å². The Bertz CT molecular complexity index is 1420. The minimum absolute atomic E-state index is 0.0687. The number of hydrogen-bond acceptors (Lipinski definition) is 5. The predicted molar refractivity (Wildman–Crippen MR) is 159 cm³/mol. The molecule has 8 nitrogen and oxygen atoms in total. The van der Waals surface area contributed by atoms with Crippen molar-refractivity contribution in [3.63, 3.8) is 0 Å². The molecular weight excluding hydrogens is 550 g/mol. The van der Waals surface area contributed by atoms with Gasteiger partial charge < -0.3 is 15.0 Å². The lowest BCUT2D eigenvalue weighted by Crippen LogP contribution is -2.53. The number of carbonyl (C=O) groups is 2. The number of nitrogens with zero attached hydrogens (tertiary/aromatic N) is 2. The van der Waals surface area contributed by atoms with Crippen molar-refractivity contribution in [3.8, 4) is 5.75 Å². The molecule has 3 aromatic rings. The van der Waals surface area contributed by atoms with Gasteiger partial charge in [-0.1, -0.05) is 67.1 Å². The van der Waals surface area contributed by atoms with Crippen LogP contribution in [0, 0.1) is 6.92 Å². The Morgan fingerprint density at radius 3 is 2.35 bits per heavy atom. The molecule has 2 amide bonds. The summed E-state index contributed by atoms with van der Waals surface area (Å²) < 4.78 is 32.3. The molecule has 0 fully saturated rings. The zero-order valence-corrected chi connectivity index (χ0v) is 24.8. The summed E-state index contributed by atoms with van der Waals surface area (Å²) >= 11 is 6.20. The Kier molecular flexibility index (Phi) is 11.0. The second-order valence-corrected chi connectivity index (χ2v) is 11.9. The van der Waals surface area contributed by atoms with Crippen molar-refractivity contribution in [2.75, 3.05) is 30.8 Å². The van der Waals surface area contributed by atoms with Crippen molar-refractivity contribution >= 4 is 39.1 Å². The highest BCUT2D eigenvalue weighted by molar-refractivity contribution is 7.92. The number of carbonyl (C=O) groups excluding carboxylic acids is 2. The van der Waals surface area contributed by atoms with E-state index in [1.54, 1.807) is 44.4 Å². The van der Waals surface area contributed by atoms with Crippen LogP contribution in [-0.2, 0) is 32.6 Å². The van der Waals surface area contributed by atoms with Crippen LogP contribution in [0.4, 0.5) is 5.69 Å². The summed E-state index contributed by atoms with van der Waals surface area (Å²) in [6.45, 7) is 3.71. The summed E-state index contributed by atoms with van der Waals surface area (Å²) in [6, 6.07) is 20.6. The van der Waals surface area contributed by atoms with Crippen molar-refractivity contribution in [3.05, 3.63) is 94.5 Å². The lowest BCUT2D eigenvalue weighted by atomic mass is 10.0. The van der Waals surface area contributed by atoms with E-state index >= 15 is 0 Å². The summed E-state index contributed by atoms with van der Waals surface area (Å²) in [6.07, 6.45) is 2.02. The molecule has 0 aliphatic carbocycles. The Labute approximate surface area is 241 Å². The molecule has 0 saturated carbocycles. The lowest BCUT2D eigenvalue weighted by Gasteiger charge is -2.34. The Morgan fingerprint density at radius 1 is 1.00 bits per heavy atom. The number of methoxy groups -OCH3 is 1. The van der Waals surface area contributed by atoms with Crippen LogP contribution in [0.1, 0.15) is 30.0 Å². The average Bonchev–Trinajstić information content (AvgIpc) is 2.93. The van der Waals surface area contributed by atoms with Gasteiger partial charge in [-0.2, -0.15) is 0 Å². The third-order valence-electron chi connectivity index (χ3n) is 6.43. The lowest BCUT2D eigenvalue weighted by molar-refractivity contribution is -0.140. The van der Waals surface area contributed by atoms with Gasteiger partial charge in [-0.05, 0) is 54.3 Å². The van der Waals surface area contributed by atoms with Gasteiger partial charge in [0.15, 0.2) is 0 Å². The summed E-state index contributed by atoms with van der Waals surface area (Å²) in [5.41, 5.74) is 2.55. The van der Waals surface area contributed by atoms with Crippen molar-refractivity contribution in [2.24, 2.45) is 0 Å². The maximum absolute atomic E-state index is 14.1. The number of aryl methyl sites for hydroxylation is 1. The van der Waals surface area contributed by atoms with E-state index in [0.717, 1.165) is 28.1 Å². The highest BCUT2D eigenvalue weighted by Crippen LogP contribution is 2.27. The predicted octanol–water partition coefficient (Wildman–Crippen LogP) is 4.59. The first kappa shape index (κ1) is 31.0. The highest BCUT2D eigenvalue weighted by Gasteiger charge is 2.33. The minimum Gasteiger partial charge on any atom is -0.497 e. The molecule has 1 N–H and O–H groups in total. The van der Waals surface area contributed by atoms with Gasteiger partial charge in [-0.25, -0.2) is 8.42 Å².